The number of amides is 1. The summed E-state index contributed by atoms with van der Waals surface area (Å²) in [7, 11) is 1.65. The SMILES string of the molecule is CCCCOc1c(OC)cccc1[C@@H]1SCC(=O)Nc2c1c(C)nn2-c1ccccn1. The number of ether oxygens (including phenoxy) is 2. The number of anilines is 1. The zero-order valence-electron chi connectivity index (χ0n) is 17.9. The van der Waals surface area contributed by atoms with E-state index in [2.05, 4.69) is 17.2 Å². The van der Waals surface area contributed by atoms with Crippen molar-refractivity contribution in [1.29, 1.82) is 0 Å². The van der Waals surface area contributed by atoms with E-state index >= 15 is 0 Å². The average molecular weight is 439 g/mol. The van der Waals surface area contributed by atoms with Gasteiger partial charge in [0.25, 0.3) is 0 Å². The molecule has 1 atom stereocenters. The summed E-state index contributed by atoms with van der Waals surface area (Å²) in [5, 5.41) is 7.61. The van der Waals surface area contributed by atoms with Crippen LogP contribution in [-0.2, 0) is 4.79 Å². The molecule has 0 bridgehead atoms. The molecule has 1 amide bonds. The van der Waals surface area contributed by atoms with E-state index in [9.17, 15) is 4.79 Å². The summed E-state index contributed by atoms with van der Waals surface area (Å²) in [6.07, 6.45) is 3.71. The molecule has 0 radical (unpaired) electrons. The number of aromatic nitrogens is 3. The van der Waals surface area contributed by atoms with Gasteiger partial charge in [-0.15, -0.1) is 11.8 Å². The standard InChI is InChI=1S/C23H26N4O3S/c1-4-5-13-30-21-16(9-8-10-17(21)29-3)22-20-15(2)26-27(18-11-6-7-12-24-18)23(20)25-19(28)14-31-22/h6-12,22H,4-5,13-14H2,1-3H3,(H,25,28)/t22-/m0/s1. The minimum atomic E-state index is -0.141. The van der Waals surface area contributed by atoms with E-state index in [0.717, 1.165) is 35.4 Å². The molecule has 1 aliphatic heterocycles. The maximum absolute atomic E-state index is 12.6. The molecule has 1 aliphatic rings. The third-order valence-electron chi connectivity index (χ3n) is 5.13. The number of hydrogen-bond donors (Lipinski definition) is 1. The van der Waals surface area contributed by atoms with Crippen molar-refractivity contribution in [3.05, 3.63) is 59.4 Å². The second kappa shape index (κ2) is 9.43. The predicted octanol–water partition coefficient (Wildman–Crippen LogP) is 4.54. The van der Waals surface area contributed by atoms with Gasteiger partial charge in [-0.1, -0.05) is 31.5 Å². The first-order chi connectivity index (χ1) is 15.1. The summed E-state index contributed by atoms with van der Waals surface area (Å²) < 4.78 is 13.5. The molecule has 3 heterocycles. The van der Waals surface area contributed by atoms with E-state index in [1.807, 2.05) is 43.3 Å². The number of methoxy groups -OCH3 is 1. The zero-order chi connectivity index (χ0) is 21.8. The largest absolute Gasteiger partial charge is 0.493 e. The number of thioether (sulfide) groups is 1. The van der Waals surface area contributed by atoms with Crippen LogP contribution in [0.2, 0.25) is 0 Å². The fourth-order valence-corrected chi connectivity index (χ4v) is 4.85. The molecule has 0 aliphatic carbocycles. The van der Waals surface area contributed by atoms with Gasteiger partial charge < -0.3 is 14.8 Å². The third-order valence-corrected chi connectivity index (χ3v) is 6.38. The normalized spacial score (nSPS) is 15.7. The highest BCUT2D eigenvalue weighted by Gasteiger charge is 2.33. The molecule has 3 aromatic rings. The lowest BCUT2D eigenvalue weighted by molar-refractivity contribution is -0.113. The number of benzene rings is 1. The van der Waals surface area contributed by atoms with E-state index in [0.29, 0.717) is 29.7 Å². The lowest BCUT2D eigenvalue weighted by atomic mass is 10.0. The van der Waals surface area contributed by atoms with Crippen LogP contribution in [0.1, 0.15) is 41.8 Å². The minimum Gasteiger partial charge on any atom is -0.493 e. The van der Waals surface area contributed by atoms with Gasteiger partial charge in [0, 0.05) is 17.3 Å². The molecule has 2 aromatic heterocycles. The van der Waals surface area contributed by atoms with Gasteiger partial charge in [0.15, 0.2) is 17.3 Å². The first kappa shape index (κ1) is 21.2. The Hall–Kier alpha value is -3.00. The summed E-state index contributed by atoms with van der Waals surface area (Å²) in [6, 6.07) is 11.5. The fraction of sp³-hybridized carbons (Fsp3) is 0.348. The Morgan fingerprint density at radius 1 is 1.26 bits per heavy atom. The van der Waals surface area contributed by atoms with Crippen molar-refractivity contribution in [1.82, 2.24) is 14.8 Å². The number of carbonyl (C=O) groups excluding carboxylic acids is 1. The number of fused-ring (bicyclic) bond motifs is 1. The van der Waals surface area contributed by atoms with Crippen LogP contribution in [0.25, 0.3) is 5.82 Å². The van der Waals surface area contributed by atoms with Crippen LogP contribution in [0, 0.1) is 6.92 Å². The monoisotopic (exact) mass is 438 g/mol. The molecular weight excluding hydrogens is 412 g/mol. The lowest BCUT2D eigenvalue weighted by Gasteiger charge is -2.21. The number of para-hydroxylation sites is 1. The smallest absolute Gasteiger partial charge is 0.235 e. The number of aryl methyl sites for hydroxylation is 1. The van der Waals surface area contributed by atoms with Crippen molar-refractivity contribution in [2.75, 3.05) is 24.8 Å². The maximum atomic E-state index is 12.6. The molecule has 162 valence electrons. The van der Waals surface area contributed by atoms with E-state index in [1.54, 1.807) is 29.8 Å². The van der Waals surface area contributed by atoms with Crippen LogP contribution in [0.15, 0.2) is 42.6 Å². The molecule has 31 heavy (non-hydrogen) atoms. The van der Waals surface area contributed by atoms with Crippen LogP contribution in [-0.4, -0.2) is 40.1 Å². The van der Waals surface area contributed by atoms with Crippen LogP contribution in [0.4, 0.5) is 5.82 Å². The highest BCUT2D eigenvalue weighted by Crippen LogP contribution is 2.48. The third kappa shape index (κ3) is 4.25. The molecule has 0 spiro atoms. The van der Waals surface area contributed by atoms with Crippen LogP contribution in [0.3, 0.4) is 0 Å². The van der Waals surface area contributed by atoms with Gasteiger partial charge in [-0.05, 0) is 31.5 Å². The highest BCUT2D eigenvalue weighted by atomic mass is 32.2. The summed E-state index contributed by atoms with van der Waals surface area (Å²) in [4.78, 5) is 17.0. The molecule has 0 saturated carbocycles. The Bertz CT molecular complexity index is 1070. The van der Waals surface area contributed by atoms with Crippen LogP contribution >= 0.6 is 11.8 Å². The first-order valence-corrected chi connectivity index (χ1v) is 11.4. The number of nitrogens with zero attached hydrogens (tertiary/aromatic N) is 3. The summed E-state index contributed by atoms with van der Waals surface area (Å²) >= 11 is 1.56. The predicted molar refractivity (Wildman–Crippen MR) is 122 cm³/mol. The van der Waals surface area contributed by atoms with Gasteiger partial charge in [0.05, 0.1) is 30.4 Å². The number of pyridine rings is 1. The molecule has 4 rings (SSSR count). The molecular formula is C23H26N4O3S. The van der Waals surface area contributed by atoms with Gasteiger partial charge in [-0.25, -0.2) is 4.98 Å². The van der Waals surface area contributed by atoms with Gasteiger partial charge in [-0.2, -0.15) is 9.78 Å². The second-order valence-corrected chi connectivity index (χ2v) is 8.36. The molecule has 8 heteroatoms. The van der Waals surface area contributed by atoms with E-state index in [-0.39, 0.29) is 11.2 Å². The maximum Gasteiger partial charge on any atom is 0.235 e. The quantitative estimate of drug-likeness (QED) is 0.546. The Morgan fingerprint density at radius 3 is 2.87 bits per heavy atom. The number of unbranched alkanes of at least 4 members (excludes halogenated alkanes) is 1. The van der Waals surface area contributed by atoms with Gasteiger partial charge >= 0.3 is 0 Å². The molecule has 0 fully saturated rings. The Kier molecular flexibility index (Phi) is 6.46. The molecule has 0 saturated heterocycles. The number of hydrogen-bond acceptors (Lipinski definition) is 6. The molecule has 1 aromatic carbocycles. The van der Waals surface area contributed by atoms with Crippen molar-refractivity contribution in [2.24, 2.45) is 0 Å². The Morgan fingerprint density at radius 2 is 2.13 bits per heavy atom. The van der Waals surface area contributed by atoms with E-state index in [4.69, 9.17) is 14.6 Å². The van der Waals surface area contributed by atoms with Crippen molar-refractivity contribution >= 4 is 23.5 Å². The summed E-state index contributed by atoms with van der Waals surface area (Å²) in [5.74, 6) is 2.98. The topological polar surface area (TPSA) is 78.3 Å². The van der Waals surface area contributed by atoms with Crippen molar-refractivity contribution in [3.8, 4) is 17.3 Å². The lowest BCUT2D eigenvalue weighted by Crippen LogP contribution is -2.16. The van der Waals surface area contributed by atoms with Gasteiger partial charge in [0.2, 0.25) is 5.91 Å². The average Bonchev–Trinajstić information content (AvgIpc) is 2.99. The highest BCUT2D eigenvalue weighted by molar-refractivity contribution is 8.00. The zero-order valence-corrected chi connectivity index (χ0v) is 18.7. The second-order valence-electron chi connectivity index (χ2n) is 7.27. The number of rotatable bonds is 7. The van der Waals surface area contributed by atoms with E-state index < -0.39 is 0 Å². The van der Waals surface area contributed by atoms with Crippen LogP contribution in [0.5, 0.6) is 11.5 Å². The molecule has 1 N–H and O–H groups in total. The first-order valence-electron chi connectivity index (χ1n) is 10.4. The van der Waals surface area contributed by atoms with Gasteiger partial charge in [0.1, 0.15) is 5.82 Å². The summed E-state index contributed by atoms with van der Waals surface area (Å²) in [5.41, 5.74) is 2.76. The Balaban J connectivity index is 1.85. The fourth-order valence-electron chi connectivity index (χ4n) is 3.65. The summed E-state index contributed by atoms with van der Waals surface area (Å²) in [6.45, 7) is 4.70. The molecule has 7 nitrogen and oxygen atoms in total. The van der Waals surface area contributed by atoms with Crippen molar-refractivity contribution in [2.45, 2.75) is 31.9 Å². The van der Waals surface area contributed by atoms with E-state index in [1.165, 1.54) is 0 Å². The van der Waals surface area contributed by atoms with Crippen LogP contribution < -0.4 is 14.8 Å². The minimum absolute atomic E-state index is 0.0674. The number of carbonyl (C=O) groups is 1. The number of nitrogens with one attached hydrogen (secondary N) is 1. The van der Waals surface area contributed by atoms with Crippen molar-refractivity contribution in [3.63, 3.8) is 0 Å². The molecule has 0 unspecified atom stereocenters. The van der Waals surface area contributed by atoms with Gasteiger partial charge in [-0.3, -0.25) is 4.79 Å². The Labute approximate surface area is 186 Å². The van der Waals surface area contributed by atoms with Crippen molar-refractivity contribution < 1.29 is 14.3 Å².